The van der Waals surface area contributed by atoms with E-state index >= 15 is 0 Å². The van der Waals surface area contributed by atoms with Crippen LogP contribution in [0.3, 0.4) is 0 Å². The Morgan fingerprint density at radius 2 is 0.704 bits per heavy atom. The minimum atomic E-state index is 0.378. The predicted octanol–water partition coefficient (Wildman–Crippen LogP) is 7.24. The van der Waals surface area contributed by atoms with Gasteiger partial charge in [0.15, 0.2) is 0 Å². The molecule has 0 heterocycles. The summed E-state index contributed by atoms with van der Waals surface area (Å²) in [6, 6.07) is 19.7. The summed E-state index contributed by atoms with van der Waals surface area (Å²) in [5.41, 5.74) is 5.14. The van der Waals surface area contributed by atoms with Crippen LogP contribution in [-0.4, -0.2) is 5.11 Å². The first-order valence-electron chi connectivity index (χ1n) is 9.42. The third-order valence-corrected chi connectivity index (χ3v) is 6.06. The fourth-order valence-electron chi connectivity index (χ4n) is 4.15. The summed E-state index contributed by atoms with van der Waals surface area (Å²) in [4.78, 5) is 0. The first kappa shape index (κ1) is 16.1. The zero-order valence-electron chi connectivity index (χ0n) is 16.1. The topological polar surface area (TPSA) is 20.2 Å². The van der Waals surface area contributed by atoms with E-state index in [2.05, 4.69) is 82.3 Å². The van der Waals surface area contributed by atoms with E-state index in [0.717, 1.165) is 21.5 Å². The molecule has 1 N–H and O–H groups in total. The molecule has 0 unspecified atom stereocenters. The first-order valence-corrected chi connectivity index (χ1v) is 9.42. The Bertz CT molecular complexity index is 1300. The quantitative estimate of drug-likeness (QED) is 0.292. The second-order valence-electron chi connectivity index (χ2n) is 7.94. The molecule has 5 rings (SSSR count). The highest BCUT2D eigenvalue weighted by atomic mass is 16.3. The molecule has 0 radical (unpaired) electrons. The van der Waals surface area contributed by atoms with Gasteiger partial charge >= 0.3 is 0 Å². The lowest BCUT2D eigenvalue weighted by atomic mass is 9.94. The summed E-state index contributed by atoms with van der Waals surface area (Å²) in [6.45, 7) is 8.56. The van der Waals surface area contributed by atoms with Crippen LogP contribution in [0.4, 0.5) is 0 Å². The van der Waals surface area contributed by atoms with Gasteiger partial charge in [0, 0.05) is 10.8 Å². The van der Waals surface area contributed by atoms with Gasteiger partial charge in [-0.05, 0) is 113 Å². The molecule has 27 heavy (non-hydrogen) atoms. The molecule has 0 aromatic heterocycles. The molecule has 0 aliphatic rings. The van der Waals surface area contributed by atoms with E-state index in [0.29, 0.717) is 5.75 Å². The Morgan fingerprint density at radius 1 is 0.407 bits per heavy atom. The van der Waals surface area contributed by atoms with Crippen molar-refractivity contribution in [3.05, 3.63) is 76.9 Å². The summed E-state index contributed by atoms with van der Waals surface area (Å²) in [5.74, 6) is 0.378. The zero-order chi connectivity index (χ0) is 18.9. The average molecular weight is 350 g/mol. The van der Waals surface area contributed by atoms with E-state index in [9.17, 15) is 5.11 Å². The van der Waals surface area contributed by atoms with Crippen LogP contribution in [0.15, 0.2) is 54.6 Å². The minimum Gasteiger partial charge on any atom is -0.507 e. The van der Waals surface area contributed by atoms with E-state index in [1.54, 1.807) is 0 Å². The smallest absolute Gasteiger partial charge is 0.131 e. The van der Waals surface area contributed by atoms with Crippen LogP contribution < -0.4 is 0 Å². The van der Waals surface area contributed by atoms with Crippen molar-refractivity contribution in [1.82, 2.24) is 0 Å². The van der Waals surface area contributed by atoms with Crippen molar-refractivity contribution in [1.29, 1.82) is 0 Å². The van der Waals surface area contributed by atoms with Crippen LogP contribution >= 0.6 is 0 Å². The fourth-order valence-corrected chi connectivity index (χ4v) is 4.15. The van der Waals surface area contributed by atoms with Crippen LogP contribution in [0.2, 0.25) is 0 Å². The maximum Gasteiger partial charge on any atom is 0.131 e. The van der Waals surface area contributed by atoms with Crippen LogP contribution in [0.5, 0.6) is 5.75 Å². The van der Waals surface area contributed by atoms with E-state index in [1.807, 2.05) is 0 Å². The Labute approximate surface area is 158 Å². The highest BCUT2D eigenvalue weighted by Gasteiger charge is 2.10. The molecule has 0 spiro atoms. The predicted molar refractivity (Wildman–Crippen MR) is 117 cm³/mol. The molecule has 5 aromatic carbocycles. The van der Waals surface area contributed by atoms with Crippen LogP contribution in [0.25, 0.3) is 43.1 Å². The maximum absolute atomic E-state index is 11.1. The summed E-state index contributed by atoms with van der Waals surface area (Å²) in [5, 5.41) is 19.9. The van der Waals surface area contributed by atoms with Crippen molar-refractivity contribution in [2.24, 2.45) is 0 Å². The van der Waals surface area contributed by atoms with Crippen molar-refractivity contribution < 1.29 is 5.11 Å². The van der Waals surface area contributed by atoms with Crippen LogP contribution in [0.1, 0.15) is 22.3 Å². The highest BCUT2D eigenvalue weighted by Crippen LogP contribution is 2.38. The molecule has 0 aliphatic heterocycles. The Morgan fingerprint density at radius 3 is 1.07 bits per heavy atom. The fraction of sp³-hybridized carbons (Fsp3) is 0.154. The molecule has 0 aliphatic carbocycles. The van der Waals surface area contributed by atoms with Crippen molar-refractivity contribution in [3.63, 3.8) is 0 Å². The second kappa shape index (κ2) is 5.47. The number of fused-ring (bicyclic) bond motifs is 4. The average Bonchev–Trinajstić information content (AvgIpc) is 2.62. The van der Waals surface area contributed by atoms with Gasteiger partial charge in [-0.1, -0.05) is 24.3 Å². The molecule has 0 bridgehead atoms. The van der Waals surface area contributed by atoms with Gasteiger partial charge in [0.05, 0.1) is 0 Å². The molecular weight excluding hydrogens is 328 g/mol. The molecular formula is C26H22O. The largest absolute Gasteiger partial charge is 0.507 e. The van der Waals surface area contributed by atoms with Crippen molar-refractivity contribution in [2.45, 2.75) is 27.7 Å². The van der Waals surface area contributed by atoms with E-state index in [1.165, 1.54) is 43.8 Å². The van der Waals surface area contributed by atoms with Crippen molar-refractivity contribution >= 4 is 43.1 Å². The lowest BCUT2D eigenvalue weighted by Gasteiger charge is -2.12. The van der Waals surface area contributed by atoms with E-state index < -0.39 is 0 Å². The molecule has 0 saturated carbocycles. The van der Waals surface area contributed by atoms with E-state index in [-0.39, 0.29) is 0 Å². The van der Waals surface area contributed by atoms with Gasteiger partial charge in [-0.15, -0.1) is 0 Å². The zero-order valence-corrected chi connectivity index (χ0v) is 16.1. The number of hydrogen-bond donors (Lipinski definition) is 1. The summed E-state index contributed by atoms with van der Waals surface area (Å²) in [7, 11) is 0. The maximum atomic E-state index is 11.1. The number of benzene rings is 5. The lowest BCUT2D eigenvalue weighted by Crippen LogP contribution is -1.86. The van der Waals surface area contributed by atoms with Gasteiger partial charge in [-0.25, -0.2) is 0 Å². The van der Waals surface area contributed by atoms with Gasteiger partial charge in [0.1, 0.15) is 5.75 Å². The third-order valence-electron chi connectivity index (χ3n) is 6.06. The van der Waals surface area contributed by atoms with Gasteiger partial charge in [0.25, 0.3) is 0 Å². The summed E-state index contributed by atoms with van der Waals surface area (Å²) in [6.07, 6.45) is 0. The normalized spacial score (nSPS) is 11.9. The SMILES string of the molecule is Cc1cc2cc3cc4cc5cc(C)c(C)cc5cc4c(O)c3cc2cc1C. The summed E-state index contributed by atoms with van der Waals surface area (Å²) >= 11 is 0. The van der Waals surface area contributed by atoms with Crippen molar-refractivity contribution in [2.75, 3.05) is 0 Å². The summed E-state index contributed by atoms with van der Waals surface area (Å²) < 4.78 is 0. The molecule has 5 aromatic rings. The minimum absolute atomic E-state index is 0.378. The number of hydrogen-bond acceptors (Lipinski definition) is 1. The number of rotatable bonds is 0. The standard InChI is InChI=1S/C26H22O/c1-14-5-18-9-22-11-23-10-19-6-15(2)17(4)8-21(19)13-25(23)26(27)24(22)12-20(18)7-16(14)3/h5-13,27H,1-4H3. The third kappa shape index (κ3) is 2.39. The molecule has 0 amide bonds. The second-order valence-corrected chi connectivity index (χ2v) is 7.94. The Hall–Kier alpha value is -3.06. The lowest BCUT2D eigenvalue weighted by molar-refractivity contribution is 0.488. The molecule has 0 saturated heterocycles. The van der Waals surface area contributed by atoms with E-state index in [4.69, 9.17) is 0 Å². The molecule has 1 nitrogen and oxygen atoms in total. The molecule has 0 fully saturated rings. The molecule has 0 atom stereocenters. The van der Waals surface area contributed by atoms with Gasteiger partial charge in [-0.2, -0.15) is 0 Å². The van der Waals surface area contributed by atoms with Gasteiger partial charge in [0.2, 0.25) is 0 Å². The number of aryl methyl sites for hydroxylation is 4. The molecule has 132 valence electrons. The number of aromatic hydroxyl groups is 1. The molecule has 1 heteroatoms. The highest BCUT2D eigenvalue weighted by molar-refractivity contribution is 6.12. The van der Waals surface area contributed by atoms with Crippen LogP contribution in [-0.2, 0) is 0 Å². The number of phenolic OH excluding ortho intramolecular Hbond substituents is 1. The van der Waals surface area contributed by atoms with Crippen molar-refractivity contribution in [3.8, 4) is 5.75 Å². The Balaban J connectivity index is 1.92. The van der Waals surface area contributed by atoms with Gasteiger partial charge < -0.3 is 5.11 Å². The van der Waals surface area contributed by atoms with Gasteiger partial charge in [-0.3, -0.25) is 0 Å². The van der Waals surface area contributed by atoms with Crippen LogP contribution in [0, 0.1) is 27.7 Å². The monoisotopic (exact) mass is 350 g/mol. The number of phenols is 1. The first-order chi connectivity index (χ1) is 12.9. The Kier molecular flexibility index (Phi) is 3.27.